The van der Waals surface area contributed by atoms with E-state index >= 15 is 0 Å². The number of rotatable bonds is 5. The highest BCUT2D eigenvalue weighted by Gasteiger charge is 2.25. The molecule has 0 saturated carbocycles. The van der Waals surface area contributed by atoms with Gasteiger partial charge in [-0.05, 0) is 29.8 Å². The Bertz CT molecular complexity index is 833. The third kappa shape index (κ3) is 5.04. The van der Waals surface area contributed by atoms with Crippen LogP contribution in [0.1, 0.15) is 24.9 Å². The van der Waals surface area contributed by atoms with Crippen molar-refractivity contribution in [3.05, 3.63) is 58.6 Å². The number of aromatic hydroxyl groups is 1. The lowest BCUT2D eigenvalue weighted by Gasteiger charge is -2.37. The van der Waals surface area contributed by atoms with Crippen molar-refractivity contribution in [1.29, 1.82) is 0 Å². The molecule has 1 saturated heterocycles. The van der Waals surface area contributed by atoms with Crippen LogP contribution >= 0.6 is 15.9 Å². The second-order valence-corrected chi connectivity index (χ2v) is 7.78. The number of halogens is 1. The van der Waals surface area contributed by atoms with Gasteiger partial charge in [0.05, 0.1) is 18.2 Å². The Kier molecular flexibility index (Phi) is 6.57. The second kappa shape index (κ2) is 9.10. The molecular formula is C21H24BrN3O3. The lowest BCUT2D eigenvalue weighted by atomic mass is 10.0. The van der Waals surface area contributed by atoms with Crippen molar-refractivity contribution in [3.8, 4) is 5.75 Å². The van der Waals surface area contributed by atoms with Crippen LogP contribution in [0.2, 0.25) is 0 Å². The Labute approximate surface area is 173 Å². The molecular weight excluding hydrogens is 422 g/mol. The molecule has 1 heterocycles. The first-order chi connectivity index (χ1) is 13.4. The van der Waals surface area contributed by atoms with E-state index in [1.165, 1.54) is 6.92 Å². The minimum absolute atomic E-state index is 0.0126. The summed E-state index contributed by atoms with van der Waals surface area (Å²) in [5.74, 6) is 0.104. The van der Waals surface area contributed by atoms with Crippen molar-refractivity contribution < 1.29 is 14.7 Å². The number of anilines is 1. The monoisotopic (exact) mass is 445 g/mol. The van der Waals surface area contributed by atoms with Gasteiger partial charge in [0.25, 0.3) is 0 Å². The first kappa shape index (κ1) is 20.2. The number of hydrogen-bond acceptors (Lipinski definition) is 4. The van der Waals surface area contributed by atoms with Crippen LogP contribution in [0.15, 0.2) is 53.0 Å². The van der Waals surface area contributed by atoms with Gasteiger partial charge in [0.15, 0.2) is 0 Å². The van der Waals surface area contributed by atoms with E-state index in [1.54, 1.807) is 12.1 Å². The summed E-state index contributed by atoms with van der Waals surface area (Å²) in [7, 11) is 0. The van der Waals surface area contributed by atoms with Crippen molar-refractivity contribution >= 4 is 33.4 Å². The summed E-state index contributed by atoms with van der Waals surface area (Å²) in [5, 5.41) is 12.9. The summed E-state index contributed by atoms with van der Waals surface area (Å²) >= 11 is 3.40. The first-order valence-electron chi connectivity index (χ1n) is 9.27. The molecule has 1 fully saturated rings. The highest BCUT2D eigenvalue weighted by molar-refractivity contribution is 9.10. The molecule has 0 radical (unpaired) electrons. The Hall–Kier alpha value is -2.54. The highest BCUT2D eigenvalue weighted by atomic mass is 79.9. The van der Waals surface area contributed by atoms with Gasteiger partial charge in [-0.2, -0.15) is 0 Å². The van der Waals surface area contributed by atoms with Crippen molar-refractivity contribution in [3.63, 3.8) is 0 Å². The van der Waals surface area contributed by atoms with Crippen LogP contribution in [-0.2, 0) is 9.59 Å². The van der Waals surface area contributed by atoms with Crippen molar-refractivity contribution in [2.75, 3.05) is 31.1 Å². The fourth-order valence-corrected chi connectivity index (χ4v) is 3.69. The van der Waals surface area contributed by atoms with E-state index in [4.69, 9.17) is 0 Å². The number of carbonyl (C=O) groups excluding carboxylic acids is 2. The zero-order valence-electron chi connectivity index (χ0n) is 15.8. The van der Waals surface area contributed by atoms with Crippen LogP contribution in [0.25, 0.3) is 0 Å². The minimum Gasteiger partial charge on any atom is -0.506 e. The molecule has 0 aliphatic carbocycles. The zero-order chi connectivity index (χ0) is 20.1. The minimum atomic E-state index is -0.353. The lowest BCUT2D eigenvalue weighted by Crippen LogP contribution is -2.49. The number of carbonyl (C=O) groups is 2. The SMILES string of the molecule is CC(=O)NC(CC(=O)N1CCN(c2ccccc2O)CC1)c1ccc(Br)cc1. The smallest absolute Gasteiger partial charge is 0.225 e. The summed E-state index contributed by atoms with van der Waals surface area (Å²) in [5.41, 5.74) is 1.69. The standard InChI is InChI=1S/C21H24BrN3O3/c1-15(26)23-18(16-6-8-17(22)9-7-16)14-21(28)25-12-10-24(11-13-25)19-4-2-3-5-20(19)27/h2-9,18,27H,10-14H2,1H3,(H,23,26). The Morgan fingerprint density at radius 1 is 1.07 bits per heavy atom. The van der Waals surface area contributed by atoms with Gasteiger partial charge in [-0.25, -0.2) is 0 Å². The maximum Gasteiger partial charge on any atom is 0.225 e. The number of phenolic OH excluding ortho intramolecular Hbond substituents is 1. The number of benzene rings is 2. The first-order valence-corrected chi connectivity index (χ1v) is 10.1. The molecule has 28 heavy (non-hydrogen) atoms. The number of amides is 2. The quantitative estimate of drug-likeness (QED) is 0.741. The third-order valence-corrected chi connectivity index (χ3v) is 5.41. The van der Waals surface area contributed by atoms with Gasteiger partial charge in [0.1, 0.15) is 5.75 Å². The number of nitrogens with zero attached hydrogens (tertiary/aromatic N) is 2. The molecule has 0 spiro atoms. The second-order valence-electron chi connectivity index (χ2n) is 6.87. The molecule has 2 N–H and O–H groups in total. The molecule has 1 aliphatic rings. The zero-order valence-corrected chi connectivity index (χ0v) is 17.4. The predicted molar refractivity (Wildman–Crippen MR) is 112 cm³/mol. The van der Waals surface area contributed by atoms with Crippen LogP contribution in [0.4, 0.5) is 5.69 Å². The average molecular weight is 446 g/mol. The van der Waals surface area contributed by atoms with Gasteiger partial charge in [0, 0.05) is 37.6 Å². The molecule has 3 rings (SSSR count). The van der Waals surface area contributed by atoms with Gasteiger partial charge in [0.2, 0.25) is 11.8 Å². The Morgan fingerprint density at radius 2 is 1.71 bits per heavy atom. The normalized spacial score (nSPS) is 15.2. The number of piperazine rings is 1. The molecule has 148 valence electrons. The summed E-state index contributed by atoms with van der Waals surface area (Å²) in [6.07, 6.45) is 0.220. The van der Waals surface area contributed by atoms with E-state index in [0.29, 0.717) is 26.2 Å². The number of phenols is 1. The molecule has 6 nitrogen and oxygen atoms in total. The fraction of sp³-hybridized carbons (Fsp3) is 0.333. The molecule has 0 bridgehead atoms. The predicted octanol–water partition coefficient (Wildman–Crippen LogP) is 3.07. The van der Waals surface area contributed by atoms with Crippen LogP contribution in [0.5, 0.6) is 5.75 Å². The molecule has 2 aromatic carbocycles. The molecule has 1 aliphatic heterocycles. The Balaban J connectivity index is 1.62. The summed E-state index contributed by atoms with van der Waals surface area (Å²) < 4.78 is 0.949. The number of hydrogen-bond donors (Lipinski definition) is 2. The summed E-state index contributed by atoms with van der Waals surface area (Å²) in [4.78, 5) is 28.4. The lowest BCUT2D eigenvalue weighted by molar-refractivity contribution is -0.132. The summed E-state index contributed by atoms with van der Waals surface area (Å²) in [6, 6.07) is 14.5. The third-order valence-electron chi connectivity index (χ3n) is 4.88. The van der Waals surface area contributed by atoms with Gasteiger partial charge >= 0.3 is 0 Å². The highest BCUT2D eigenvalue weighted by Crippen LogP contribution is 2.27. The topological polar surface area (TPSA) is 72.9 Å². The maximum absolute atomic E-state index is 12.8. The van der Waals surface area contributed by atoms with E-state index in [9.17, 15) is 14.7 Å². The van der Waals surface area contributed by atoms with Crippen molar-refractivity contribution in [1.82, 2.24) is 10.2 Å². The Morgan fingerprint density at radius 3 is 2.32 bits per heavy atom. The van der Waals surface area contributed by atoms with Crippen LogP contribution in [0, 0.1) is 0 Å². The van der Waals surface area contributed by atoms with E-state index in [-0.39, 0.29) is 30.0 Å². The van der Waals surface area contributed by atoms with E-state index in [1.807, 2.05) is 41.3 Å². The average Bonchev–Trinajstić information content (AvgIpc) is 2.68. The van der Waals surface area contributed by atoms with Crippen molar-refractivity contribution in [2.24, 2.45) is 0 Å². The van der Waals surface area contributed by atoms with E-state index in [0.717, 1.165) is 15.7 Å². The van der Waals surface area contributed by atoms with Crippen molar-refractivity contribution in [2.45, 2.75) is 19.4 Å². The van der Waals surface area contributed by atoms with Gasteiger partial charge < -0.3 is 20.2 Å². The largest absolute Gasteiger partial charge is 0.506 e. The van der Waals surface area contributed by atoms with E-state index < -0.39 is 0 Å². The summed E-state index contributed by atoms with van der Waals surface area (Å²) in [6.45, 7) is 3.95. The van der Waals surface area contributed by atoms with Crippen LogP contribution in [0.3, 0.4) is 0 Å². The van der Waals surface area contributed by atoms with Gasteiger partial charge in [-0.3, -0.25) is 9.59 Å². The number of para-hydroxylation sites is 2. The van der Waals surface area contributed by atoms with Gasteiger partial charge in [-0.1, -0.05) is 40.2 Å². The van der Waals surface area contributed by atoms with Crippen LogP contribution < -0.4 is 10.2 Å². The molecule has 7 heteroatoms. The van der Waals surface area contributed by atoms with Gasteiger partial charge in [-0.15, -0.1) is 0 Å². The molecule has 1 unspecified atom stereocenters. The van der Waals surface area contributed by atoms with Crippen LogP contribution in [-0.4, -0.2) is 48.0 Å². The molecule has 0 aromatic heterocycles. The fourth-order valence-electron chi connectivity index (χ4n) is 3.42. The molecule has 2 aromatic rings. The molecule has 1 atom stereocenters. The maximum atomic E-state index is 12.8. The molecule has 2 amide bonds. The van der Waals surface area contributed by atoms with E-state index in [2.05, 4.69) is 26.1 Å². The number of nitrogens with one attached hydrogen (secondary N) is 1.